The molecule has 0 saturated carbocycles. The van der Waals surface area contributed by atoms with Crippen molar-refractivity contribution in [2.45, 2.75) is 6.92 Å². The maximum Gasteiger partial charge on any atom is 0.137 e. The lowest BCUT2D eigenvalue weighted by atomic mass is 10.1. The number of aryl methyl sites for hydroxylation is 1. The Morgan fingerprint density at radius 2 is 2.05 bits per heavy atom. The number of hydrogen-bond acceptors (Lipinski definition) is 2. The van der Waals surface area contributed by atoms with E-state index in [2.05, 4.69) is 23.0 Å². The highest BCUT2D eigenvalue weighted by molar-refractivity contribution is 6.31. The number of fused-ring (bicyclic) bond motifs is 1. The standard InChI is InChI=1S/C15H13ClN2O/c1-9-5-12(19-2)3-4-13(9)14-7-10-6-11(16)8-17-15(10)18-14/h3-8H,1-2H3,(H,17,18). The summed E-state index contributed by atoms with van der Waals surface area (Å²) in [6, 6.07) is 9.97. The summed E-state index contributed by atoms with van der Waals surface area (Å²) >= 11 is 5.95. The number of nitrogens with one attached hydrogen (secondary N) is 1. The van der Waals surface area contributed by atoms with Gasteiger partial charge >= 0.3 is 0 Å². The predicted molar refractivity (Wildman–Crippen MR) is 77.8 cm³/mol. The van der Waals surface area contributed by atoms with Crippen molar-refractivity contribution in [2.75, 3.05) is 7.11 Å². The van der Waals surface area contributed by atoms with Gasteiger partial charge in [0.2, 0.25) is 0 Å². The third-order valence-electron chi connectivity index (χ3n) is 3.16. The first-order chi connectivity index (χ1) is 9.17. The lowest BCUT2D eigenvalue weighted by Gasteiger charge is -2.06. The van der Waals surface area contributed by atoms with E-state index >= 15 is 0 Å². The van der Waals surface area contributed by atoms with Gasteiger partial charge in [0, 0.05) is 22.8 Å². The highest BCUT2D eigenvalue weighted by Gasteiger charge is 2.08. The third kappa shape index (κ3) is 2.17. The highest BCUT2D eigenvalue weighted by Crippen LogP contribution is 2.29. The molecule has 0 unspecified atom stereocenters. The van der Waals surface area contributed by atoms with Crippen molar-refractivity contribution in [3.63, 3.8) is 0 Å². The monoisotopic (exact) mass is 272 g/mol. The van der Waals surface area contributed by atoms with E-state index in [-0.39, 0.29) is 0 Å². The van der Waals surface area contributed by atoms with Crippen LogP contribution >= 0.6 is 11.6 Å². The maximum absolute atomic E-state index is 5.95. The first-order valence-electron chi connectivity index (χ1n) is 5.96. The second-order valence-corrected chi connectivity index (χ2v) is 4.89. The molecule has 0 aliphatic heterocycles. The van der Waals surface area contributed by atoms with Gasteiger partial charge < -0.3 is 9.72 Å². The molecular weight excluding hydrogens is 260 g/mol. The largest absolute Gasteiger partial charge is 0.497 e. The topological polar surface area (TPSA) is 37.9 Å². The Labute approximate surface area is 116 Å². The number of hydrogen-bond donors (Lipinski definition) is 1. The summed E-state index contributed by atoms with van der Waals surface area (Å²) < 4.78 is 5.22. The number of rotatable bonds is 2. The first-order valence-corrected chi connectivity index (χ1v) is 6.34. The molecule has 0 saturated heterocycles. The average Bonchev–Trinajstić information content (AvgIpc) is 2.81. The van der Waals surface area contributed by atoms with Crippen molar-refractivity contribution in [2.24, 2.45) is 0 Å². The van der Waals surface area contributed by atoms with Crippen molar-refractivity contribution < 1.29 is 4.74 Å². The molecule has 0 spiro atoms. The van der Waals surface area contributed by atoms with E-state index in [9.17, 15) is 0 Å². The first kappa shape index (κ1) is 12.1. The normalized spacial score (nSPS) is 10.9. The molecule has 4 heteroatoms. The molecule has 0 radical (unpaired) electrons. The second kappa shape index (κ2) is 4.59. The van der Waals surface area contributed by atoms with Crippen LogP contribution in [0.5, 0.6) is 5.75 Å². The number of H-pyrrole nitrogens is 1. The molecule has 2 heterocycles. The van der Waals surface area contributed by atoms with Gasteiger partial charge in [-0.3, -0.25) is 0 Å². The summed E-state index contributed by atoms with van der Waals surface area (Å²) in [5, 5.41) is 1.65. The van der Waals surface area contributed by atoms with E-state index in [4.69, 9.17) is 16.3 Å². The summed E-state index contributed by atoms with van der Waals surface area (Å²) in [6.07, 6.45) is 1.64. The Hall–Kier alpha value is -2.00. The molecule has 1 aromatic carbocycles. The quantitative estimate of drug-likeness (QED) is 0.759. The smallest absolute Gasteiger partial charge is 0.137 e. The van der Waals surface area contributed by atoms with E-state index in [1.165, 1.54) is 0 Å². The van der Waals surface area contributed by atoms with Crippen LogP contribution in [0, 0.1) is 6.92 Å². The van der Waals surface area contributed by atoms with Crippen molar-refractivity contribution in [3.05, 3.63) is 47.1 Å². The van der Waals surface area contributed by atoms with Gasteiger partial charge in [0.1, 0.15) is 11.4 Å². The number of methoxy groups -OCH3 is 1. The summed E-state index contributed by atoms with van der Waals surface area (Å²) in [5.41, 5.74) is 4.16. The van der Waals surface area contributed by atoms with Gasteiger partial charge in [-0.1, -0.05) is 11.6 Å². The number of aromatic nitrogens is 2. The number of nitrogens with zero attached hydrogens (tertiary/aromatic N) is 1. The predicted octanol–water partition coefficient (Wildman–Crippen LogP) is 4.20. The van der Waals surface area contributed by atoms with Crippen molar-refractivity contribution in [3.8, 4) is 17.0 Å². The van der Waals surface area contributed by atoms with Crippen LogP contribution in [0.1, 0.15) is 5.56 Å². The van der Waals surface area contributed by atoms with Gasteiger partial charge in [-0.2, -0.15) is 0 Å². The zero-order chi connectivity index (χ0) is 13.4. The third-order valence-corrected chi connectivity index (χ3v) is 3.37. The minimum absolute atomic E-state index is 0.643. The van der Waals surface area contributed by atoms with Crippen LogP contribution in [0.2, 0.25) is 5.02 Å². The van der Waals surface area contributed by atoms with Crippen molar-refractivity contribution in [1.29, 1.82) is 0 Å². The lowest BCUT2D eigenvalue weighted by Crippen LogP contribution is -1.87. The zero-order valence-electron chi connectivity index (χ0n) is 10.7. The minimum atomic E-state index is 0.643. The Bertz CT molecular complexity index is 749. The molecule has 19 heavy (non-hydrogen) atoms. The molecule has 0 aliphatic carbocycles. The average molecular weight is 273 g/mol. The summed E-state index contributed by atoms with van der Waals surface area (Å²) in [4.78, 5) is 7.58. The molecule has 0 amide bonds. The number of halogens is 1. The second-order valence-electron chi connectivity index (χ2n) is 4.46. The van der Waals surface area contributed by atoms with Crippen LogP contribution < -0.4 is 4.74 Å². The van der Waals surface area contributed by atoms with Gasteiger partial charge in [-0.05, 0) is 42.8 Å². The van der Waals surface area contributed by atoms with E-state index < -0.39 is 0 Å². The van der Waals surface area contributed by atoms with Crippen molar-refractivity contribution in [1.82, 2.24) is 9.97 Å². The zero-order valence-corrected chi connectivity index (χ0v) is 11.5. The Morgan fingerprint density at radius 3 is 2.79 bits per heavy atom. The molecular formula is C15H13ClN2O. The fourth-order valence-corrected chi connectivity index (χ4v) is 2.37. The number of pyridine rings is 1. The minimum Gasteiger partial charge on any atom is -0.497 e. The summed E-state index contributed by atoms with van der Waals surface area (Å²) in [6.45, 7) is 2.06. The molecule has 0 fully saturated rings. The number of benzene rings is 1. The highest BCUT2D eigenvalue weighted by atomic mass is 35.5. The van der Waals surface area contributed by atoms with Gasteiger partial charge in [0.05, 0.1) is 12.1 Å². The summed E-state index contributed by atoms with van der Waals surface area (Å²) in [7, 11) is 1.67. The van der Waals surface area contributed by atoms with E-state index in [1.54, 1.807) is 13.3 Å². The molecule has 3 nitrogen and oxygen atoms in total. The van der Waals surface area contributed by atoms with Crippen LogP contribution in [-0.2, 0) is 0 Å². The molecule has 0 atom stereocenters. The fraction of sp³-hybridized carbons (Fsp3) is 0.133. The van der Waals surface area contributed by atoms with Crippen LogP contribution in [0.3, 0.4) is 0 Å². The molecule has 96 valence electrons. The van der Waals surface area contributed by atoms with Gasteiger partial charge in [0.25, 0.3) is 0 Å². The molecule has 2 aromatic heterocycles. The van der Waals surface area contributed by atoms with Crippen LogP contribution in [0.4, 0.5) is 0 Å². The molecule has 3 aromatic rings. The van der Waals surface area contributed by atoms with E-state index in [0.717, 1.165) is 33.6 Å². The van der Waals surface area contributed by atoms with Crippen LogP contribution in [-0.4, -0.2) is 17.1 Å². The lowest BCUT2D eigenvalue weighted by molar-refractivity contribution is 0.414. The van der Waals surface area contributed by atoms with Crippen molar-refractivity contribution >= 4 is 22.6 Å². The van der Waals surface area contributed by atoms with Gasteiger partial charge in [0.15, 0.2) is 0 Å². The Balaban J connectivity index is 2.13. The van der Waals surface area contributed by atoms with Gasteiger partial charge in [-0.15, -0.1) is 0 Å². The molecule has 0 aliphatic rings. The maximum atomic E-state index is 5.95. The number of aromatic amines is 1. The molecule has 1 N–H and O–H groups in total. The SMILES string of the molecule is COc1ccc(-c2cc3cc(Cl)cnc3[nH]2)c(C)c1. The molecule has 3 rings (SSSR count). The fourth-order valence-electron chi connectivity index (χ4n) is 2.20. The van der Waals surface area contributed by atoms with E-state index in [1.807, 2.05) is 24.3 Å². The van der Waals surface area contributed by atoms with Crippen LogP contribution in [0.25, 0.3) is 22.3 Å². The van der Waals surface area contributed by atoms with Crippen LogP contribution in [0.15, 0.2) is 36.5 Å². The summed E-state index contributed by atoms with van der Waals surface area (Å²) in [5.74, 6) is 0.860. The van der Waals surface area contributed by atoms with Gasteiger partial charge in [-0.25, -0.2) is 4.98 Å². The molecule has 0 bridgehead atoms. The van der Waals surface area contributed by atoms with E-state index in [0.29, 0.717) is 5.02 Å². The Kier molecular flexibility index (Phi) is 2.91. The Morgan fingerprint density at radius 1 is 1.21 bits per heavy atom. The number of ether oxygens (including phenoxy) is 1.